The van der Waals surface area contributed by atoms with Crippen molar-refractivity contribution >= 4 is 14.1 Å². The molecule has 0 radical (unpaired) electrons. The van der Waals surface area contributed by atoms with Gasteiger partial charge in [-0.3, -0.25) is 4.79 Å². The van der Waals surface area contributed by atoms with Crippen molar-refractivity contribution in [1.82, 2.24) is 0 Å². The summed E-state index contributed by atoms with van der Waals surface area (Å²) in [6.07, 6.45) is -1.18. The van der Waals surface area contributed by atoms with E-state index in [0.717, 1.165) is 0 Å². The molecule has 0 aliphatic heterocycles. The summed E-state index contributed by atoms with van der Waals surface area (Å²) in [6, 6.07) is 16.1. The fourth-order valence-electron chi connectivity index (χ4n) is 2.11. The zero-order valence-corrected chi connectivity index (χ0v) is 16.0. The third kappa shape index (κ3) is 4.13. The summed E-state index contributed by atoms with van der Waals surface area (Å²) >= 11 is 0. The maximum Gasteiger partial charge on any atom is 0.250 e. The van der Waals surface area contributed by atoms with Gasteiger partial charge in [-0.2, -0.15) is 0 Å². The van der Waals surface area contributed by atoms with Gasteiger partial charge >= 0.3 is 0 Å². The first-order chi connectivity index (χ1) is 11.1. The van der Waals surface area contributed by atoms with Gasteiger partial charge in [0, 0.05) is 5.56 Å². The van der Waals surface area contributed by atoms with Gasteiger partial charge in [0.2, 0.25) is 8.32 Å². The highest BCUT2D eigenvalue weighted by atomic mass is 28.4. The number of carbonyl (C=O) groups excluding carboxylic acids is 1. The van der Waals surface area contributed by atoms with Crippen LogP contribution in [-0.2, 0) is 0 Å². The Morgan fingerprint density at radius 3 is 2.25 bits per heavy atom. The molecule has 4 heteroatoms. The van der Waals surface area contributed by atoms with Crippen LogP contribution in [0, 0.1) is 0 Å². The number of aliphatic hydroxyl groups excluding tert-OH is 1. The Balaban J connectivity index is 2.23. The van der Waals surface area contributed by atoms with Crippen LogP contribution in [0.3, 0.4) is 0 Å². The van der Waals surface area contributed by atoms with E-state index in [9.17, 15) is 9.90 Å². The van der Waals surface area contributed by atoms with Crippen LogP contribution in [0.4, 0.5) is 0 Å². The van der Waals surface area contributed by atoms with Gasteiger partial charge in [-0.15, -0.1) is 0 Å². The average Bonchev–Trinajstić information content (AvgIpc) is 2.53. The van der Waals surface area contributed by atoms with Gasteiger partial charge in [-0.05, 0) is 35.8 Å². The fraction of sp³-hybridized carbons (Fsp3) is 0.350. The number of aliphatic hydroxyl groups is 1. The molecular weight excluding hydrogens is 316 g/mol. The van der Waals surface area contributed by atoms with Crippen molar-refractivity contribution in [3.8, 4) is 5.75 Å². The Bertz CT molecular complexity index is 702. The topological polar surface area (TPSA) is 46.5 Å². The van der Waals surface area contributed by atoms with E-state index in [-0.39, 0.29) is 10.8 Å². The number of benzene rings is 2. The summed E-state index contributed by atoms with van der Waals surface area (Å²) in [5, 5.41) is 10.5. The molecule has 0 aromatic heterocycles. The van der Waals surface area contributed by atoms with Gasteiger partial charge in [0.1, 0.15) is 11.9 Å². The predicted octanol–water partition coefficient (Wildman–Crippen LogP) is 4.99. The summed E-state index contributed by atoms with van der Waals surface area (Å²) < 4.78 is 6.26. The number of carbonyl (C=O) groups is 1. The first-order valence-electron chi connectivity index (χ1n) is 8.18. The van der Waals surface area contributed by atoms with Crippen LogP contribution in [0.1, 0.15) is 42.8 Å². The second-order valence-corrected chi connectivity index (χ2v) is 12.3. The summed E-state index contributed by atoms with van der Waals surface area (Å²) in [7, 11) is -1.96. The maximum absolute atomic E-state index is 12.4. The van der Waals surface area contributed by atoms with Gasteiger partial charge in [-0.1, -0.05) is 63.2 Å². The smallest absolute Gasteiger partial charge is 0.250 e. The Labute approximate surface area is 145 Å². The quantitative estimate of drug-likeness (QED) is 0.615. The summed E-state index contributed by atoms with van der Waals surface area (Å²) in [5.74, 6) is 0.402. The lowest BCUT2D eigenvalue weighted by molar-refractivity contribution is 0.0747. The third-order valence-corrected chi connectivity index (χ3v) is 9.02. The van der Waals surface area contributed by atoms with Crippen molar-refractivity contribution in [2.45, 2.75) is 45.0 Å². The minimum absolute atomic E-state index is 0.0848. The number of Topliss-reactive ketones (excluding diaryl/α,β-unsaturated/α-hetero) is 1. The highest BCUT2D eigenvalue weighted by molar-refractivity contribution is 6.74. The molecule has 2 aromatic carbocycles. The Kier molecular flexibility index (Phi) is 5.31. The number of ketones is 1. The molecule has 0 spiro atoms. The molecule has 0 fully saturated rings. The largest absolute Gasteiger partial charge is 0.543 e. The molecule has 2 aromatic rings. The molecule has 1 atom stereocenters. The summed E-state index contributed by atoms with van der Waals surface area (Å²) in [6.45, 7) is 10.9. The Morgan fingerprint density at radius 2 is 1.67 bits per heavy atom. The number of hydrogen-bond donors (Lipinski definition) is 1. The van der Waals surface area contributed by atoms with Crippen molar-refractivity contribution in [2.24, 2.45) is 0 Å². The van der Waals surface area contributed by atoms with Crippen LogP contribution in [0.15, 0.2) is 54.6 Å². The molecule has 24 heavy (non-hydrogen) atoms. The van der Waals surface area contributed by atoms with Crippen LogP contribution in [0.5, 0.6) is 5.75 Å². The zero-order valence-electron chi connectivity index (χ0n) is 15.0. The Morgan fingerprint density at radius 1 is 1.04 bits per heavy atom. The van der Waals surface area contributed by atoms with E-state index in [4.69, 9.17) is 4.43 Å². The lowest BCUT2D eigenvalue weighted by atomic mass is 10.00. The molecule has 0 bridgehead atoms. The monoisotopic (exact) mass is 342 g/mol. The molecule has 2 rings (SSSR count). The van der Waals surface area contributed by atoms with E-state index in [1.54, 1.807) is 36.4 Å². The molecule has 0 aliphatic carbocycles. The molecule has 0 amide bonds. The van der Waals surface area contributed by atoms with E-state index in [2.05, 4.69) is 33.9 Å². The van der Waals surface area contributed by atoms with Crippen LogP contribution in [0.2, 0.25) is 18.1 Å². The molecule has 1 N–H and O–H groups in total. The van der Waals surface area contributed by atoms with E-state index in [1.807, 2.05) is 18.2 Å². The van der Waals surface area contributed by atoms with Gasteiger partial charge in [0.25, 0.3) is 0 Å². The first-order valence-corrected chi connectivity index (χ1v) is 11.1. The summed E-state index contributed by atoms with van der Waals surface area (Å²) in [5.41, 5.74) is 1.06. The normalized spacial score (nSPS) is 13.4. The molecule has 128 valence electrons. The van der Waals surface area contributed by atoms with Crippen LogP contribution in [0.25, 0.3) is 0 Å². The van der Waals surface area contributed by atoms with Crippen molar-refractivity contribution in [3.05, 3.63) is 65.7 Å². The van der Waals surface area contributed by atoms with Crippen LogP contribution < -0.4 is 4.43 Å². The predicted molar refractivity (Wildman–Crippen MR) is 100.0 cm³/mol. The average molecular weight is 343 g/mol. The van der Waals surface area contributed by atoms with Crippen molar-refractivity contribution < 1.29 is 14.3 Å². The minimum atomic E-state index is -1.96. The fourth-order valence-corrected chi connectivity index (χ4v) is 3.13. The zero-order chi connectivity index (χ0) is 18.0. The van der Waals surface area contributed by atoms with Gasteiger partial charge in [-0.25, -0.2) is 0 Å². The molecule has 0 saturated carbocycles. The van der Waals surface area contributed by atoms with E-state index >= 15 is 0 Å². The highest BCUT2D eigenvalue weighted by Crippen LogP contribution is 2.37. The minimum Gasteiger partial charge on any atom is -0.543 e. The molecule has 0 aliphatic rings. The lowest BCUT2D eigenvalue weighted by Crippen LogP contribution is -2.43. The Hall–Kier alpha value is -1.91. The summed E-state index contributed by atoms with van der Waals surface area (Å²) in [4.78, 5) is 12.4. The lowest BCUT2D eigenvalue weighted by Gasteiger charge is -2.36. The standard InChI is InChI=1S/C20H26O3Si/c1-20(2,3)24(4,5)23-17-13-9-12-16(14-17)19(22)18(21)15-10-7-6-8-11-15/h6-14,19,22H,1-5H3. The van der Waals surface area contributed by atoms with Gasteiger partial charge in [0.05, 0.1) is 0 Å². The van der Waals surface area contributed by atoms with Crippen molar-refractivity contribution in [1.29, 1.82) is 0 Å². The number of hydrogen-bond acceptors (Lipinski definition) is 3. The van der Waals surface area contributed by atoms with Crippen LogP contribution >= 0.6 is 0 Å². The molecule has 3 nitrogen and oxygen atoms in total. The van der Waals surface area contributed by atoms with E-state index < -0.39 is 14.4 Å². The van der Waals surface area contributed by atoms with Crippen molar-refractivity contribution in [3.63, 3.8) is 0 Å². The first kappa shape index (κ1) is 18.4. The molecule has 0 heterocycles. The van der Waals surface area contributed by atoms with E-state index in [1.165, 1.54) is 0 Å². The van der Waals surface area contributed by atoms with Gasteiger partial charge < -0.3 is 9.53 Å². The van der Waals surface area contributed by atoms with Crippen molar-refractivity contribution in [2.75, 3.05) is 0 Å². The SMILES string of the molecule is CC(C)(C)[Si](C)(C)Oc1cccc(C(O)C(=O)c2ccccc2)c1. The second-order valence-electron chi connectivity index (χ2n) is 7.57. The highest BCUT2D eigenvalue weighted by Gasteiger charge is 2.39. The van der Waals surface area contributed by atoms with Gasteiger partial charge in [0.15, 0.2) is 5.78 Å². The maximum atomic E-state index is 12.4. The third-order valence-electron chi connectivity index (χ3n) is 4.66. The van der Waals surface area contributed by atoms with E-state index in [0.29, 0.717) is 16.9 Å². The van der Waals surface area contributed by atoms with Crippen LogP contribution in [-0.4, -0.2) is 19.2 Å². The molecule has 1 unspecified atom stereocenters. The second kappa shape index (κ2) is 6.91. The number of rotatable bonds is 5. The molecular formula is C20H26O3Si. The molecule has 0 saturated heterocycles.